The van der Waals surface area contributed by atoms with Crippen LogP contribution >= 0.6 is 23.2 Å². The number of anilines is 1. The Balaban J connectivity index is 2.06. The van der Waals surface area contributed by atoms with Crippen molar-refractivity contribution in [2.24, 2.45) is 0 Å². The zero-order valence-electron chi connectivity index (χ0n) is 22.8. The van der Waals surface area contributed by atoms with Gasteiger partial charge >= 0.3 is 0 Å². The Morgan fingerprint density at radius 2 is 1.60 bits per heavy atom. The number of methoxy groups -OCH3 is 1. The maximum atomic E-state index is 14.0. The van der Waals surface area contributed by atoms with Crippen LogP contribution in [0.2, 0.25) is 10.0 Å². The van der Waals surface area contributed by atoms with Crippen LogP contribution < -0.4 is 14.4 Å². The third-order valence-corrected chi connectivity index (χ3v) is 8.95. The summed E-state index contributed by atoms with van der Waals surface area (Å²) < 4.78 is 33.9. The van der Waals surface area contributed by atoms with Gasteiger partial charge in [0, 0.05) is 17.6 Å². The molecule has 3 rings (SSSR count). The van der Waals surface area contributed by atoms with Gasteiger partial charge in [0.25, 0.3) is 10.0 Å². The second-order valence-electron chi connectivity index (χ2n) is 9.25. The number of benzene rings is 3. The molecule has 11 heteroatoms. The van der Waals surface area contributed by atoms with Gasteiger partial charge in [0.05, 0.1) is 22.7 Å². The number of hydrogen-bond donors (Lipinski definition) is 1. The van der Waals surface area contributed by atoms with Crippen molar-refractivity contribution in [3.8, 4) is 5.75 Å². The number of rotatable bonds is 12. The van der Waals surface area contributed by atoms with Gasteiger partial charge in [0.2, 0.25) is 11.8 Å². The molecule has 0 fully saturated rings. The smallest absolute Gasteiger partial charge is 0.264 e. The monoisotopic (exact) mass is 605 g/mol. The molecule has 40 heavy (non-hydrogen) atoms. The zero-order chi connectivity index (χ0) is 29.4. The first-order valence-corrected chi connectivity index (χ1v) is 14.9. The predicted octanol–water partition coefficient (Wildman–Crippen LogP) is 5.53. The average Bonchev–Trinajstić information content (AvgIpc) is 2.95. The molecule has 0 aliphatic heterocycles. The summed E-state index contributed by atoms with van der Waals surface area (Å²) >= 11 is 12.7. The van der Waals surface area contributed by atoms with Crippen LogP contribution in [0.1, 0.15) is 32.8 Å². The molecular weight excluding hydrogens is 573 g/mol. The van der Waals surface area contributed by atoms with Crippen LogP contribution in [-0.4, -0.2) is 50.9 Å². The van der Waals surface area contributed by atoms with Crippen molar-refractivity contribution in [1.29, 1.82) is 0 Å². The lowest BCUT2D eigenvalue weighted by molar-refractivity contribution is -0.139. The van der Waals surface area contributed by atoms with Crippen LogP contribution in [0.15, 0.2) is 77.7 Å². The average molecular weight is 607 g/mol. The van der Waals surface area contributed by atoms with E-state index in [4.69, 9.17) is 27.9 Å². The van der Waals surface area contributed by atoms with Gasteiger partial charge in [-0.15, -0.1) is 0 Å². The molecule has 0 bridgehead atoms. The maximum absolute atomic E-state index is 14.0. The predicted molar refractivity (Wildman–Crippen MR) is 158 cm³/mol. The van der Waals surface area contributed by atoms with Crippen LogP contribution in [0.4, 0.5) is 5.69 Å². The van der Waals surface area contributed by atoms with Crippen molar-refractivity contribution in [1.82, 2.24) is 10.2 Å². The molecule has 8 nitrogen and oxygen atoms in total. The minimum atomic E-state index is -4.21. The summed E-state index contributed by atoms with van der Waals surface area (Å²) in [7, 11) is -2.76. The molecule has 214 valence electrons. The molecule has 0 unspecified atom stereocenters. The topological polar surface area (TPSA) is 96.0 Å². The number of nitrogens with zero attached hydrogens (tertiary/aromatic N) is 2. The molecule has 0 aliphatic carbocycles. The Hall–Kier alpha value is -3.27. The molecule has 3 aromatic rings. The maximum Gasteiger partial charge on any atom is 0.264 e. The standard InChI is InChI=1S/C29H33Cl2N3O5S/c1-5-20(2)32-29(36)21(3)33(18-22-11-9-10-14-25(22)30)28(35)19-34(23-15-16-27(39-4)26(31)17-23)40(37,38)24-12-7-6-8-13-24/h6-17,20-21H,5,18-19H2,1-4H3,(H,32,36)/t20-,21-/m1/s1. The van der Waals surface area contributed by atoms with Crippen molar-refractivity contribution >= 4 is 50.7 Å². The first kappa shape index (κ1) is 31.3. The van der Waals surface area contributed by atoms with E-state index in [9.17, 15) is 18.0 Å². The summed E-state index contributed by atoms with van der Waals surface area (Å²) in [5.41, 5.74) is 0.781. The lowest BCUT2D eigenvalue weighted by Crippen LogP contribution is -2.52. The highest BCUT2D eigenvalue weighted by Gasteiger charge is 2.33. The SMILES string of the molecule is CC[C@@H](C)NC(=O)[C@@H](C)N(Cc1ccccc1Cl)C(=O)CN(c1ccc(OC)c(Cl)c1)S(=O)(=O)c1ccccc1. The third kappa shape index (κ3) is 7.47. The molecule has 3 aromatic carbocycles. The number of ether oxygens (including phenoxy) is 1. The van der Waals surface area contributed by atoms with Crippen molar-refractivity contribution in [3.63, 3.8) is 0 Å². The molecule has 0 aliphatic rings. The van der Waals surface area contributed by atoms with Gasteiger partial charge in [0.1, 0.15) is 18.3 Å². The Morgan fingerprint density at radius 1 is 0.950 bits per heavy atom. The van der Waals surface area contributed by atoms with E-state index in [1.807, 2.05) is 13.8 Å². The molecule has 0 aromatic heterocycles. The van der Waals surface area contributed by atoms with E-state index in [2.05, 4.69) is 5.32 Å². The number of sulfonamides is 1. The minimum absolute atomic E-state index is 0.00378. The first-order chi connectivity index (χ1) is 19.0. The van der Waals surface area contributed by atoms with Crippen molar-refractivity contribution in [2.45, 2.75) is 50.7 Å². The lowest BCUT2D eigenvalue weighted by Gasteiger charge is -2.32. The quantitative estimate of drug-likeness (QED) is 0.293. The fourth-order valence-corrected chi connectivity index (χ4v) is 5.79. The normalized spacial score (nSPS) is 12.8. The highest BCUT2D eigenvalue weighted by atomic mass is 35.5. The van der Waals surface area contributed by atoms with Gasteiger partial charge in [-0.3, -0.25) is 13.9 Å². The van der Waals surface area contributed by atoms with Crippen LogP contribution in [-0.2, 0) is 26.2 Å². The number of halogens is 2. The molecule has 2 amide bonds. The van der Waals surface area contributed by atoms with Crippen molar-refractivity contribution < 1.29 is 22.7 Å². The van der Waals surface area contributed by atoms with E-state index < -0.39 is 28.5 Å². The van der Waals surface area contributed by atoms with Crippen LogP contribution in [0, 0.1) is 0 Å². The third-order valence-electron chi connectivity index (χ3n) is 6.50. The molecule has 1 N–H and O–H groups in total. The molecule has 0 spiro atoms. The summed E-state index contributed by atoms with van der Waals surface area (Å²) in [5.74, 6) is -0.609. The van der Waals surface area contributed by atoms with E-state index in [1.165, 1.54) is 42.3 Å². The molecule has 0 saturated carbocycles. The molecule has 2 atom stereocenters. The van der Waals surface area contributed by atoms with E-state index in [1.54, 1.807) is 49.4 Å². The van der Waals surface area contributed by atoms with Gasteiger partial charge in [0.15, 0.2) is 0 Å². The first-order valence-electron chi connectivity index (χ1n) is 12.7. The Kier molecular flexibility index (Phi) is 10.8. The number of hydrogen-bond acceptors (Lipinski definition) is 5. The van der Waals surface area contributed by atoms with Crippen LogP contribution in [0.5, 0.6) is 5.75 Å². The number of amides is 2. The summed E-state index contributed by atoms with van der Waals surface area (Å²) in [4.78, 5) is 28.4. The van der Waals surface area contributed by atoms with E-state index in [-0.39, 0.29) is 34.1 Å². The second kappa shape index (κ2) is 13.9. The molecule has 0 heterocycles. The lowest BCUT2D eigenvalue weighted by atomic mass is 10.1. The molecule has 0 radical (unpaired) electrons. The van der Waals surface area contributed by atoms with Crippen molar-refractivity contribution in [2.75, 3.05) is 18.0 Å². The van der Waals surface area contributed by atoms with E-state index in [0.717, 1.165) is 4.31 Å². The van der Waals surface area contributed by atoms with Crippen LogP contribution in [0.25, 0.3) is 0 Å². The zero-order valence-corrected chi connectivity index (χ0v) is 25.1. The molecular formula is C29H33Cl2N3O5S. The summed E-state index contributed by atoms with van der Waals surface area (Å²) in [5, 5.41) is 3.49. The van der Waals surface area contributed by atoms with Gasteiger partial charge in [-0.05, 0) is 62.2 Å². The number of carbonyl (C=O) groups is 2. The van der Waals surface area contributed by atoms with Gasteiger partial charge < -0.3 is 15.0 Å². The van der Waals surface area contributed by atoms with E-state index >= 15 is 0 Å². The fourth-order valence-electron chi connectivity index (χ4n) is 3.92. The number of nitrogens with one attached hydrogen (secondary N) is 1. The largest absolute Gasteiger partial charge is 0.495 e. The Morgan fingerprint density at radius 3 is 2.20 bits per heavy atom. The minimum Gasteiger partial charge on any atom is -0.495 e. The Labute approximate surface area is 245 Å². The summed E-state index contributed by atoms with van der Waals surface area (Å²) in [6, 6.07) is 18.2. The molecule has 0 saturated heterocycles. The van der Waals surface area contributed by atoms with E-state index in [0.29, 0.717) is 22.8 Å². The van der Waals surface area contributed by atoms with Crippen LogP contribution in [0.3, 0.4) is 0 Å². The van der Waals surface area contributed by atoms with Gasteiger partial charge in [-0.1, -0.05) is 66.5 Å². The summed E-state index contributed by atoms with van der Waals surface area (Å²) in [6.45, 7) is 4.81. The fraction of sp³-hybridized carbons (Fsp3) is 0.310. The second-order valence-corrected chi connectivity index (χ2v) is 11.9. The number of carbonyl (C=O) groups excluding carboxylic acids is 2. The van der Waals surface area contributed by atoms with Crippen molar-refractivity contribution in [3.05, 3.63) is 88.4 Å². The van der Waals surface area contributed by atoms with Gasteiger partial charge in [-0.25, -0.2) is 8.42 Å². The Bertz CT molecular complexity index is 1440. The summed E-state index contributed by atoms with van der Waals surface area (Å²) in [6.07, 6.45) is 0.707. The highest BCUT2D eigenvalue weighted by Crippen LogP contribution is 2.32. The highest BCUT2D eigenvalue weighted by molar-refractivity contribution is 7.92. The van der Waals surface area contributed by atoms with Gasteiger partial charge in [-0.2, -0.15) is 0 Å².